The maximum absolute atomic E-state index is 11.9. The van der Waals surface area contributed by atoms with Crippen LogP contribution in [0.2, 0.25) is 0 Å². The van der Waals surface area contributed by atoms with Crippen LogP contribution in [0.25, 0.3) is 0 Å². The van der Waals surface area contributed by atoms with E-state index < -0.39 is 24.0 Å². The Kier molecular flexibility index (Phi) is 4.38. The Bertz CT molecular complexity index is 553. The first kappa shape index (κ1) is 15.6. The summed E-state index contributed by atoms with van der Waals surface area (Å²) in [6, 6.07) is -0.322. The van der Waals surface area contributed by atoms with E-state index >= 15 is 0 Å². The van der Waals surface area contributed by atoms with Gasteiger partial charge in [-0.1, -0.05) is 11.8 Å². The molecule has 0 spiro atoms. The molecular formula is C13H15NO6S. The van der Waals surface area contributed by atoms with Crippen LogP contribution in [0.15, 0.2) is 22.1 Å². The molecule has 3 atom stereocenters. The van der Waals surface area contributed by atoms with E-state index in [1.54, 1.807) is 0 Å². The Morgan fingerprint density at radius 2 is 2.19 bits per heavy atom. The molecule has 0 bridgehead atoms. The number of nitrogens with zero attached hydrogens (tertiary/aromatic N) is 1. The fourth-order valence-corrected chi connectivity index (χ4v) is 3.48. The van der Waals surface area contributed by atoms with Crippen LogP contribution >= 0.6 is 11.8 Å². The largest absolute Gasteiger partial charge is 0.477 e. The molecule has 2 aliphatic heterocycles. The molecule has 114 valence electrons. The van der Waals surface area contributed by atoms with Gasteiger partial charge < -0.3 is 19.8 Å². The molecule has 2 heterocycles. The molecule has 2 rings (SSSR count). The number of aliphatic carboxylic acids is 1. The van der Waals surface area contributed by atoms with E-state index in [9.17, 15) is 24.6 Å². The highest BCUT2D eigenvalue weighted by Crippen LogP contribution is 2.47. The van der Waals surface area contributed by atoms with Crippen LogP contribution in [0.5, 0.6) is 0 Å². The first-order valence-electron chi connectivity index (χ1n) is 6.27. The zero-order valence-corrected chi connectivity index (χ0v) is 12.3. The second kappa shape index (κ2) is 5.90. The predicted molar refractivity (Wildman–Crippen MR) is 73.8 cm³/mol. The number of thioether (sulfide) groups is 1. The van der Waals surface area contributed by atoms with E-state index in [0.29, 0.717) is 11.3 Å². The number of hydrogen-bond acceptors (Lipinski definition) is 6. The minimum atomic E-state index is -1.19. The zero-order valence-electron chi connectivity index (χ0n) is 11.5. The Morgan fingerprint density at radius 3 is 2.71 bits per heavy atom. The van der Waals surface area contributed by atoms with Gasteiger partial charge in [-0.15, -0.1) is 0 Å². The average Bonchev–Trinajstić information content (AvgIpc) is 2.72. The molecule has 2 aliphatic rings. The first-order valence-corrected chi connectivity index (χ1v) is 7.15. The molecular weight excluding hydrogens is 298 g/mol. The van der Waals surface area contributed by atoms with E-state index in [0.717, 1.165) is 11.8 Å². The fraction of sp³-hybridized carbons (Fsp3) is 0.462. The number of carbonyl (C=O) groups excluding carboxylic acids is 2. The second-order valence-corrected chi connectivity index (χ2v) is 5.77. The number of fused-ring (bicyclic) bond motifs is 1. The zero-order chi connectivity index (χ0) is 15.7. The summed E-state index contributed by atoms with van der Waals surface area (Å²) in [7, 11) is 1.24. The number of β-lactam (4-membered cyclic amide) rings is 1. The van der Waals surface area contributed by atoms with Crippen molar-refractivity contribution in [2.45, 2.75) is 25.5 Å². The number of carboxylic acid groups (broad SMARTS) is 1. The molecule has 0 aromatic carbocycles. The molecule has 1 fully saturated rings. The van der Waals surface area contributed by atoms with E-state index in [4.69, 9.17) is 0 Å². The van der Waals surface area contributed by atoms with Crippen LogP contribution in [-0.4, -0.2) is 52.2 Å². The Balaban J connectivity index is 2.17. The van der Waals surface area contributed by atoms with Crippen LogP contribution in [0.3, 0.4) is 0 Å². The lowest BCUT2D eigenvalue weighted by Crippen LogP contribution is -2.61. The maximum Gasteiger partial charge on any atom is 0.353 e. The molecule has 1 saturated heterocycles. The first-order chi connectivity index (χ1) is 9.88. The number of aliphatic hydroxyl groups excluding tert-OH is 1. The molecule has 0 saturated carbocycles. The minimum Gasteiger partial charge on any atom is -0.477 e. The lowest BCUT2D eigenvalue weighted by atomic mass is 9.83. The van der Waals surface area contributed by atoms with Crippen molar-refractivity contribution in [1.82, 2.24) is 4.90 Å². The van der Waals surface area contributed by atoms with E-state index in [2.05, 4.69) is 4.74 Å². The van der Waals surface area contributed by atoms with Crippen LogP contribution < -0.4 is 0 Å². The quantitative estimate of drug-likeness (QED) is 0.428. The van der Waals surface area contributed by atoms with Crippen molar-refractivity contribution in [1.29, 1.82) is 0 Å². The maximum atomic E-state index is 11.9. The standard InChI is InChI=1S/C13H15NO6S/c1-6(15)10-7-5-8(21-4-3-9(16)20-2)11(13(18)19)14(7)12(10)17/h3-4,6-7,10,15H,5H2,1-2H3,(H,18,19)/b4-3-/t6-,7-,10-/m1/s1. The summed E-state index contributed by atoms with van der Waals surface area (Å²) in [6.45, 7) is 1.52. The number of rotatable bonds is 5. The lowest BCUT2D eigenvalue weighted by molar-refractivity contribution is -0.161. The Hall–Kier alpha value is -1.80. The van der Waals surface area contributed by atoms with Crippen LogP contribution in [0.1, 0.15) is 13.3 Å². The number of carbonyl (C=O) groups is 3. The molecule has 8 heteroatoms. The molecule has 0 unspecified atom stereocenters. The number of esters is 1. The van der Waals surface area contributed by atoms with Gasteiger partial charge in [0.15, 0.2) is 0 Å². The van der Waals surface area contributed by atoms with Gasteiger partial charge in [-0.2, -0.15) is 0 Å². The number of amides is 1. The predicted octanol–water partition coefficient (Wildman–Crippen LogP) is 0.314. The number of ether oxygens (including phenoxy) is 1. The summed E-state index contributed by atoms with van der Waals surface area (Å²) in [6.07, 6.45) is 0.725. The summed E-state index contributed by atoms with van der Waals surface area (Å²) < 4.78 is 4.44. The van der Waals surface area contributed by atoms with Gasteiger partial charge in [-0.3, -0.25) is 4.79 Å². The van der Waals surface area contributed by atoms with Crippen molar-refractivity contribution < 1.29 is 29.3 Å². The number of methoxy groups -OCH3 is 1. The minimum absolute atomic E-state index is 0.0681. The highest BCUT2D eigenvalue weighted by atomic mass is 32.2. The van der Waals surface area contributed by atoms with Crippen molar-refractivity contribution in [2.24, 2.45) is 5.92 Å². The van der Waals surface area contributed by atoms with Crippen LogP contribution in [0.4, 0.5) is 0 Å². The van der Waals surface area contributed by atoms with Crippen molar-refractivity contribution in [2.75, 3.05) is 7.11 Å². The second-order valence-electron chi connectivity index (χ2n) is 4.77. The van der Waals surface area contributed by atoms with E-state index in [1.165, 1.54) is 30.4 Å². The van der Waals surface area contributed by atoms with Gasteiger partial charge >= 0.3 is 11.9 Å². The molecule has 1 amide bonds. The summed E-state index contributed by atoms with van der Waals surface area (Å²) in [5.41, 5.74) is -0.0681. The summed E-state index contributed by atoms with van der Waals surface area (Å²) in [5.74, 6) is -2.68. The average molecular weight is 313 g/mol. The van der Waals surface area contributed by atoms with Gasteiger partial charge in [0.05, 0.1) is 25.2 Å². The van der Waals surface area contributed by atoms with E-state index in [1.807, 2.05) is 0 Å². The molecule has 7 nitrogen and oxygen atoms in total. The lowest BCUT2D eigenvalue weighted by Gasteiger charge is -2.44. The molecule has 21 heavy (non-hydrogen) atoms. The van der Waals surface area contributed by atoms with Crippen molar-refractivity contribution in [3.8, 4) is 0 Å². The van der Waals surface area contributed by atoms with Crippen LogP contribution in [0, 0.1) is 5.92 Å². The fourth-order valence-electron chi connectivity index (χ4n) is 2.58. The molecule has 0 radical (unpaired) electrons. The number of hydrogen-bond donors (Lipinski definition) is 2. The van der Waals surface area contributed by atoms with Gasteiger partial charge in [-0.05, 0) is 12.3 Å². The van der Waals surface area contributed by atoms with Crippen molar-refractivity contribution in [3.05, 3.63) is 22.1 Å². The smallest absolute Gasteiger partial charge is 0.353 e. The monoisotopic (exact) mass is 313 g/mol. The summed E-state index contributed by atoms with van der Waals surface area (Å²) in [4.78, 5) is 36.0. The van der Waals surface area contributed by atoms with E-state index in [-0.39, 0.29) is 17.6 Å². The van der Waals surface area contributed by atoms with Gasteiger partial charge in [0.25, 0.3) is 0 Å². The third-order valence-electron chi connectivity index (χ3n) is 3.51. The third kappa shape index (κ3) is 2.68. The summed E-state index contributed by atoms with van der Waals surface area (Å²) >= 11 is 1.07. The highest BCUT2D eigenvalue weighted by molar-refractivity contribution is 8.05. The molecule has 2 N–H and O–H groups in total. The van der Waals surface area contributed by atoms with Crippen molar-refractivity contribution >= 4 is 29.6 Å². The topological polar surface area (TPSA) is 104 Å². The van der Waals surface area contributed by atoms with Gasteiger partial charge in [-0.25, -0.2) is 9.59 Å². The molecule has 0 aromatic heterocycles. The SMILES string of the molecule is COC(=O)/C=C\SC1=C(C(=O)O)N2C(=O)[C@H]([C@@H](C)O)[C@H]2C1. The number of carboxylic acids is 1. The Labute approximate surface area is 125 Å². The van der Waals surface area contributed by atoms with Gasteiger partial charge in [0.1, 0.15) is 5.70 Å². The van der Waals surface area contributed by atoms with Gasteiger partial charge in [0.2, 0.25) is 5.91 Å². The summed E-state index contributed by atoms with van der Waals surface area (Å²) in [5, 5.41) is 20.3. The van der Waals surface area contributed by atoms with Gasteiger partial charge in [0, 0.05) is 17.4 Å². The molecule has 0 aliphatic carbocycles. The van der Waals surface area contributed by atoms with Crippen molar-refractivity contribution in [3.63, 3.8) is 0 Å². The Morgan fingerprint density at radius 1 is 1.52 bits per heavy atom. The highest BCUT2D eigenvalue weighted by Gasteiger charge is 2.56. The molecule has 0 aromatic rings. The number of aliphatic hydroxyl groups is 1. The third-order valence-corrected chi connectivity index (χ3v) is 4.42. The van der Waals surface area contributed by atoms with Crippen LogP contribution in [-0.2, 0) is 19.1 Å². The normalized spacial score (nSPS) is 25.9.